The third-order valence-corrected chi connectivity index (χ3v) is 6.29. The molecule has 0 bridgehead atoms. The molecule has 7 N–H and O–H groups in total. The topological polar surface area (TPSA) is 166 Å². The van der Waals surface area contributed by atoms with E-state index in [9.17, 15) is 10.2 Å². The number of hydrogen-bond donors (Lipinski definition) is 5. The van der Waals surface area contributed by atoms with Crippen molar-refractivity contribution in [3.05, 3.63) is 30.6 Å². The molecule has 4 unspecified atom stereocenters. The van der Waals surface area contributed by atoms with Crippen molar-refractivity contribution < 1.29 is 46.2 Å². The Hall–Kier alpha value is -1.63. The van der Waals surface area contributed by atoms with Crippen molar-refractivity contribution in [3.8, 4) is 0 Å². The maximum Gasteiger partial charge on any atom is 0.220 e. The number of aromatic nitrogens is 4. The first-order valence-electron chi connectivity index (χ1n) is 8.28. The second-order valence-corrected chi connectivity index (χ2v) is 9.74. The van der Waals surface area contributed by atoms with Crippen LogP contribution in [-0.2, 0) is 43.5 Å². The molecule has 10 nitrogen and oxygen atoms in total. The Labute approximate surface area is 181 Å². The smallest absolute Gasteiger partial charge is 0.220 e. The minimum atomic E-state index is -1.23. The van der Waals surface area contributed by atoms with Crippen LogP contribution in [-0.4, -0.2) is 59.8 Å². The van der Waals surface area contributed by atoms with E-state index < -0.39 is 31.1 Å². The first-order chi connectivity index (χ1) is 13.3. The zero-order valence-corrected chi connectivity index (χ0v) is 21.0. The van der Waals surface area contributed by atoms with Gasteiger partial charge in [-0.25, -0.2) is 9.97 Å². The molecule has 3 heterocycles. The van der Waals surface area contributed by atoms with Crippen molar-refractivity contribution in [2.45, 2.75) is 29.6 Å². The molecule has 28 heavy (non-hydrogen) atoms. The van der Waals surface area contributed by atoms with Crippen LogP contribution in [0.4, 0.5) is 11.6 Å². The molecule has 4 rings (SSSR count). The molecule has 144 valence electrons. The first-order valence-corrected chi connectivity index (χ1v) is 11.4. The van der Waals surface area contributed by atoms with Crippen LogP contribution >= 0.6 is 0 Å². The van der Waals surface area contributed by atoms with Gasteiger partial charge in [-0.05, 0) is 5.03 Å². The summed E-state index contributed by atoms with van der Waals surface area (Å²) >= 11 is 5.77. The number of aliphatic hydroxyl groups excluding tert-OH is 3. The number of imidazole rings is 1. The van der Waals surface area contributed by atoms with Gasteiger partial charge in [-0.2, -0.15) is 4.98 Å². The second kappa shape index (κ2) is 8.80. The van der Waals surface area contributed by atoms with E-state index in [1.54, 1.807) is 0 Å². The number of nitrogens with zero attached hydrogens (tertiary/aromatic N) is 4. The molecule has 0 amide bonds. The van der Waals surface area contributed by atoms with Crippen molar-refractivity contribution in [2.75, 3.05) is 18.1 Å². The molecule has 4 atom stereocenters. The van der Waals surface area contributed by atoms with E-state index >= 15 is 0 Å². The van der Waals surface area contributed by atoms with Gasteiger partial charge in [0.1, 0.15) is 23.8 Å². The normalized spacial score (nSPS) is 24.2. The molecule has 1 fully saturated rings. The van der Waals surface area contributed by atoms with Gasteiger partial charge in [0.25, 0.3) is 0 Å². The van der Waals surface area contributed by atoms with E-state index in [2.05, 4.69) is 27.1 Å². The van der Waals surface area contributed by atoms with Crippen molar-refractivity contribution >= 4 is 38.5 Å². The van der Waals surface area contributed by atoms with Crippen molar-refractivity contribution in [1.82, 2.24) is 19.5 Å². The Morgan fingerprint density at radius 2 is 1.82 bits per heavy atom. The van der Waals surface area contributed by atoms with Crippen LogP contribution in [0.2, 0.25) is 0 Å². The zero-order valence-electron chi connectivity index (χ0n) is 14.7. The molecular formula is C16H18HgN6O4S. The number of anilines is 2. The Morgan fingerprint density at radius 1 is 1.14 bits per heavy atom. The van der Waals surface area contributed by atoms with Crippen LogP contribution in [0.3, 0.4) is 0 Å². The van der Waals surface area contributed by atoms with E-state index in [4.69, 9.17) is 33.9 Å². The fourth-order valence-electron chi connectivity index (χ4n) is 2.72. The molecule has 1 aliphatic rings. The molecule has 3 aromatic rings. The van der Waals surface area contributed by atoms with Crippen molar-refractivity contribution in [2.24, 2.45) is 0 Å². The standard InChI is InChI=1S/C10H13N5O4S.C6H6N.Hg/c11-10-13-7-4(8(20)14-10)12-2-15(7)9-6(18)5(17)3(1-16)19-9;7-6-4-2-1-3-5-6;/h2-3,5-6,9,16-18H,1H2,(H3,11,13,14,20);2-5H,7H2;/q;;+1/p-1. The van der Waals surface area contributed by atoms with Gasteiger partial charge in [-0.1, -0.05) is 0 Å². The second-order valence-electron chi connectivity index (χ2n) is 6.18. The number of rotatable bonds is 2. The van der Waals surface area contributed by atoms with Crippen LogP contribution in [0.1, 0.15) is 6.23 Å². The molecule has 1 aliphatic heterocycles. The number of benzene rings is 1. The minimum Gasteiger partial charge on any atom is -0.758 e. The van der Waals surface area contributed by atoms with Gasteiger partial charge < -0.3 is 38.4 Å². The Bertz CT molecular complexity index is 935. The Balaban J connectivity index is 0.000000236. The van der Waals surface area contributed by atoms with Crippen LogP contribution < -0.4 is 14.5 Å². The summed E-state index contributed by atoms with van der Waals surface area (Å²) < 4.78 is 8.26. The largest absolute Gasteiger partial charge is 0.758 e. The first kappa shape index (κ1) is 21.1. The summed E-state index contributed by atoms with van der Waals surface area (Å²) in [5.41, 5.74) is 12.5. The third-order valence-electron chi connectivity index (χ3n) is 4.18. The van der Waals surface area contributed by atoms with E-state index in [1.165, 1.54) is 14.0 Å². The molecular weight excluding hydrogens is 573 g/mol. The summed E-state index contributed by atoms with van der Waals surface area (Å²) in [6.45, 7) is -0.412. The van der Waals surface area contributed by atoms with Gasteiger partial charge in [0.15, 0.2) is 11.9 Å². The molecule has 0 saturated carbocycles. The predicted octanol–water partition coefficient (Wildman–Crippen LogP) is -1.63. The van der Waals surface area contributed by atoms with Crippen molar-refractivity contribution in [1.29, 1.82) is 0 Å². The van der Waals surface area contributed by atoms with Crippen LogP contribution in [0.15, 0.2) is 35.6 Å². The predicted molar refractivity (Wildman–Crippen MR) is 98.9 cm³/mol. The van der Waals surface area contributed by atoms with E-state index in [1.807, 2.05) is 12.1 Å². The van der Waals surface area contributed by atoms with Gasteiger partial charge in [-0.3, -0.25) is 4.57 Å². The van der Waals surface area contributed by atoms with E-state index in [0.717, 1.165) is 31.8 Å². The van der Waals surface area contributed by atoms with E-state index in [-0.39, 0.29) is 11.0 Å². The van der Waals surface area contributed by atoms with Crippen molar-refractivity contribution in [3.63, 3.8) is 0 Å². The monoisotopic (exact) mass is 592 g/mol. The zero-order chi connectivity index (χ0) is 20.4. The van der Waals surface area contributed by atoms with E-state index in [0.29, 0.717) is 11.2 Å². The Kier molecular flexibility index (Phi) is 6.63. The minimum absolute atomic E-state index is 0.0176. The molecule has 2 aromatic heterocycles. The molecule has 0 aliphatic carbocycles. The maximum atomic E-state index is 9.99. The molecule has 0 spiro atoms. The Morgan fingerprint density at radius 3 is 2.39 bits per heavy atom. The van der Waals surface area contributed by atoms with Crippen LogP contribution in [0, 0.1) is 0 Å². The fraction of sp³-hybridized carbons (Fsp3) is 0.312. The average molecular weight is 591 g/mol. The number of aliphatic hydroxyl groups is 3. The van der Waals surface area contributed by atoms with Gasteiger partial charge in [-0.15, -0.1) is 0 Å². The van der Waals surface area contributed by atoms with Gasteiger partial charge in [0.2, 0.25) is 5.95 Å². The fourth-order valence-corrected chi connectivity index (χ4v) is 3.87. The van der Waals surface area contributed by atoms with Gasteiger partial charge in [0.05, 0.1) is 12.9 Å². The average Bonchev–Trinajstić information content (AvgIpc) is 3.20. The number of fused-ring (bicyclic) bond motifs is 1. The summed E-state index contributed by atoms with van der Waals surface area (Å²) in [6.07, 6.45) is -2.88. The SMILES string of the molecule is Nc1cc[c]([Hg+])cc1.Nc1nc([S-])c2ncn(C3OC(CO)C(O)C3O)c2n1. The summed E-state index contributed by atoms with van der Waals surface area (Å²) in [7, 11) is 0. The molecule has 1 aromatic carbocycles. The van der Waals surface area contributed by atoms with Gasteiger partial charge in [0, 0.05) is 0 Å². The number of nitrogens with two attached hydrogens (primary N) is 2. The number of nitrogen functional groups attached to an aromatic ring is 2. The van der Waals surface area contributed by atoms with Crippen LogP contribution in [0.5, 0.6) is 0 Å². The third kappa shape index (κ3) is 4.34. The number of hydrogen-bond acceptors (Lipinski definition) is 10. The maximum absolute atomic E-state index is 9.99. The molecule has 0 radical (unpaired) electrons. The summed E-state index contributed by atoms with van der Waals surface area (Å²) in [6, 6.07) is 8.06. The quantitative estimate of drug-likeness (QED) is 0.101. The molecule has 1 saturated heterocycles. The van der Waals surface area contributed by atoms with Gasteiger partial charge >= 0.3 is 64.9 Å². The summed E-state index contributed by atoms with van der Waals surface area (Å²) in [5.74, 6) is -0.0176. The number of ether oxygens (including phenoxy) is 1. The van der Waals surface area contributed by atoms with Crippen LogP contribution in [0.25, 0.3) is 11.2 Å². The summed E-state index contributed by atoms with van der Waals surface area (Å²) in [5, 5.41) is 29.0. The molecule has 12 heteroatoms. The summed E-state index contributed by atoms with van der Waals surface area (Å²) in [4.78, 5) is 11.9.